The zero-order valence-electron chi connectivity index (χ0n) is 14.6. The van der Waals surface area contributed by atoms with Gasteiger partial charge in [0, 0.05) is 27.9 Å². The number of carbonyl (C=O) groups excluding carboxylic acids is 2. The average Bonchev–Trinajstić information content (AvgIpc) is 3.21. The zero-order valence-corrected chi connectivity index (χ0v) is 14.6. The Morgan fingerprint density at radius 2 is 2.16 bits per heavy atom. The summed E-state index contributed by atoms with van der Waals surface area (Å²) < 4.78 is 4.94. The molecule has 0 atom stereocenters. The van der Waals surface area contributed by atoms with E-state index in [0.29, 0.717) is 24.4 Å². The lowest BCUT2D eigenvalue weighted by Crippen LogP contribution is -2.23. The standard InChI is InChI=1S/C19H21N3O3/c1-19(2,3)17-14(12-20-21-17)7-8-16(23)13-5-4-6-15(11-13)22-9-10-25-18(22)24/h4-8,11-12H,9-10H2,1-3H3,(H,20,21)/b8-7+. The molecule has 3 rings (SSSR count). The summed E-state index contributed by atoms with van der Waals surface area (Å²) in [6.07, 6.45) is 4.62. The van der Waals surface area contributed by atoms with Gasteiger partial charge in [0.2, 0.25) is 0 Å². The first-order valence-corrected chi connectivity index (χ1v) is 8.17. The molecule has 25 heavy (non-hydrogen) atoms. The van der Waals surface area contributed by atoms with Crippen molar-refractivity contribution in [2.45, 2.75) is 26.2 Å². The highest BCUT2D eigenvalue weighted by atomic mass is 16.6. The molecule has 1 saturated heterocycles. The van der Waals surface area contributed by atoms with Crippen LogP contribution in [0.2, 0.25) is 0 Å². The molecule has 1 aromatic carbocycles. The number of benzene rings is 1. The van der Waals surface area contributed by atoms with Crippen molar-refractivity contribution in [3.8, 4) is 0 Å². The molecule has 0 bridgehead atoms. The second-order valence-corrected chi connectivity index (χ2v) is 6.96. The van der Waals surface area contributed by atoms with E-state index in [2.05, 4.69) is 31.0 Å². The minimum Gasteiger partial charge on any atom is -0.447 e. The molecule has 0 unspecified atom stereocenters. The molecular formula is C19H21N3O3. The molecule has 1 N–H and O–H groups in total. The summed E-state index contributed by atoms with van der Waals surface area (Å²) in [5.74, 6) is -0.129. The normalized spacial score (nSPS) is 15.0. The molecule has 0 saturated carbocycles. The maximum absolute atomic E-state index is 12.5. The van der Waals surface area contributed by atoms with Crippen LogP contribution >= 0.6 is 0 Å². The number of anilines is 1. The van der Waals surface area contributed by atoms with Gasteiger partial charge in [0.1, 0.15) is 6.61 Å². The minimum absolute atomic E-state index is 0.0880. The van der Waals surface area contributed by atoms with E-state index in [0.717, 1.165) is 11.3 Å². The van der Waals surface area contributed by atoms with E-state index in [1.54, 1.807) is 36.5 Å². The van der Waals surface area contributed by atoms with Gasteiger partial charge < -0.3 is 4.74 Å². The fourth-order valence-electron chi connectivity index (χ4n) is 2.74. The Morgan fingerprint density at radius 1 is 1.36 bits per heavy atom. The van der Waals surface area contributed by atoms with Gasteiger partial charge in [0.15, 0.2) is 5.78 Å². The Kier molecular flexibility index (Phi) is 4.44. The van der Waals surface area contributed by atoms with Gasteiger partial charge in [-0.3, -0.25) is 14.8 Å². The van der Waals surface area contributed by atoms with Gasteiger partial charge in [-0.1, -0.05) is 32.9 Å². The molecule has 0 aliphatic carbocycles. The highest BCUT2D eigenvalue weighted by molar-refractivity contribution is 6.07. The smallest absolute Gasteiger partial charge is 0.414 e. The molecule has 1 aliphatic heterocycles. The number of ether oxygens (including phenoxy) is 1. The molecule has 6 heteroatoms. The highest BCUT2D eigenvalue weighted by Gasteiger charge is 2.24. The Hall–Kier alpha value is -2.89. The topological polar surface area (TPSA) is 75.3 Å². The number of H-pyrrole nitrogens is 1. The number of ketones is 1. The monoisotopic (exact) mass is 339 g/mol. The molecule has 2 heterocycles. The lowest BCUT2D eigenvalue weighted by atomic mass is 9.89. The molecule has 2 aromatic rings. The van der Waals surface area contributed by atoms with Crippen LogP contribution in [0.1, 0.15) is 42.4 Å². The van der Waals surface area contributed by atoms with Gasteiger partial charge in [0.05, 0.1) is 12.7 Å². The Bertz CT molecular complexity index is 830. The number of hydrogen-bond acceptors (Lipinski definition) is 4. The fraction of sp³-hybridized carbons (Fsp3) is 0.316. The molecule has 1 aromatic heterocycles. The third kappa shape index (κ3) is 3.63. The van der Waals surface area contributed by atoms with Crippen molar-refractivity contribution in [3.63, 3.8) is 0 Å². The van der Waals surface area contributed by atoms with Crippen LogP contribution in [0.15, 0.2) is 36.5 Å². The number of allylic oxidation sites excluding steroid dienone is 1. The van der Waals surface area contributed by atoms with Crippen molar-refractivity contribution in [2.24, 2.45) is 0 Å². The third-order valence-corrected chi connectivity index (χ3v) is 4.04. The number of nitrogens with zero attached hydrogens (tertiary/aromatic N) is 2. The second kappa shape index (κ2) is 6.55. The lowest BCUT2D eigenvalue weighted by Gasteiger charge is -2.17. The molecule has 130 valence electrons. The Labute approximate surface area is 146 Å². The van der Waals surface area contributed by atoms with Gasteiger partial charge in [-0.15, -0.1) is 0 Å². The highest BCUT2D eigenvalue weighted by Crippen LogP contribution is 2.25. The van der Waals surface area contributed by atoms with E-state index in [1.807, 2.05) is 0 Å². The summed E-state index contributed by atoms with van der Waals surface area (Å²) in [4.78, 5) is 25.7. The van der Waals surface area contributed by atoms with Crippen LogP contribution < -0.4 is 4.90 Å². The number of amides is 1. The second-order valence-electron chi connectivity index (χ2n) is 6.96. The van der Waals surface area contributed by atoms with Crippen molar-refractivity contribution in [1.82, 2.24) is 10.2 Å². The van der Waals surface area contributed by atoms with Gasteiger partial charge in [0.25, 0.3) is 0 Å². The summed E-state index contributed by atoms with van der Waals surface area (Å²) >= 11 is 0. The van der Waals surface area contributed by atoms with E-state index in [9.17, 15) is 9.59 Å². The van der Waals surface area contributed by atoms with Gasteiger partial charge in [-0.25, -0.2) is 4.79 Å². The molecule has 6 nitrogen and oxygen atoms in total. The van der Waals surface area contributed by atoms with E-state index in [1.165, 1.54) is 11.0 Å². The first-order chi connectivity index (χ1) is 11.9. The van der Waals surface area contributed by atoms with Gasteiger partial charge >= 0.3 is 6.09 Å². The number of carbonyl (C=O) groups is 2. The van der Waals surface area contributed by atoms with E-state index in [-0.39, 0.29) is 17.3 Å². The first kappa shape index (κ1) is 17.0. The number of aromatic nitrogens is 2. The Morgan fingerprint density at radius 3 is 2.84 bits per heavy atom. The van der Waals surface area contributed by atoms with Crippen molar-refractivity contribution in [3.05, 3.63) is 53.4 Å². The fourth-order valence-corrected chi connectivity index (χ4v) is 2.74. The van der Waals surface area contributed by atoms with Crippen LogP contribution in [0.4, 0.5) is 10.5 Å². The molecule has 1 amide bonds. The van der Waals surface area contributed by atoms with Crippen LogP contribution in [0.5, 0.6) is 0 Å². The van der Waals surface area contributed by atoms with Crippen LogP contribution in [-0.4, -0.2) is 35.2 Å². The third-order valence-electron chi connectivity index (χ3n) is 4.04. The number of hydrogen-bond donors (Lipinski definition) is 1. The van der Waals surface area contributed by atoms with Crippen molar-refractivity contribution >= 4 is 23.6 Å². The molecule has 0 spiro atoms. The quantitative estimate of drug-likeness (QED) is 0.682. The molecule has 1 fully saturated rings. The summed E-state index contributed by atoms with van der Waals surface area (Å²) in [7, 11) is 0. The first-order valence-electron chi connectivity index (χ1n) is 8.17. The summed E-state index contributed by atoms with van der Waals surface area (Å²) in [5, 5.41) is 7.06. The minimum atomic E-state index is -0.381. The molecule has 1 aliphatic rings. The van der Waals surface area contributed by atoms with E-state index in [4.69, 9.17) is 4.74 Å². The molecular weight excluding hydrogens is 318 g/mol. The van der Waals surface area contributed by atoms with Crippen LogP contribution in [0.25, 0.3) is 6.08 Å². The number of aromatic amines is 1. The predicted octanol–water partition coefficient (Wildman–Crippen LogP) is 3.56. The van der Waals surface area contributed by atoms with Crippen molar-refractivity contribution < 1.29 is 14.3 Å². The maximum Gasteiger partial charge on any atom is 0.414 e. The van der Waals surface area contributed by atoms with E-state index < -0.39 is 0 Å². The largest absolute Gasteiger partial charge is 0.447 e. The van der Waals surface area contributed by atoms with Gasteiger partial charge in [-0.2, -0.15) is 5.10 Å². The summed E-state index contributed by atoms with van der Waals surface area (Å²) in [6, 6.07) is 7.00. The SMILES string of the molecule is CC(C)(C)c1[nH]ncc1/C=C/C(=O)c1cccc(N2CCOC2=O)c1. The van der Waals surface area contributed by atoms with Crippen LogP contribution in [-0.2, 0) is 10.2 Å². The number of cyclic esters (lactones) is 1. The summed E-state index contributed by atoms with van der Waals surface area (Å²) in [6.45, 7) is 7.11. The number of nitrogens with one attached hydrogen (secondary N) is 1. The average molecular weight is 339 g/mol. The molecule has 0 radical (unpaired) electrons. The maximum atomic E-state index is 12.5. The number of rotatable bonds is 4. The van der Waals surface area contributed by atoms with Crippen LogP contribution in [0.3, 0.4) is 0 Å². The summed E-state index contributed by atoms with van der Waals surface area (Å²) in [5.41, 5.74) is 2.97. The van der Waals surface area contributed by atoms with E-state index >= 15 is 0 Å². The Balaban J connectivity index is 1.80. The van der Waals surface area contributed by atoms with Crippen molar-refractivity contribution in [1.29, 1.82) is 0 Å². The van der Waals surface area contributed by atoms with Crippen LogP contribution in [0, 0.1) is 0 Å². The zero-order chi connectivity index (χ0) is 18.0. The lowest BCUT2D eigenvalue weighted by molar-refractivity contribution is 0.104. The van der Waals surface area contributed by atoms with Gasteiger partial charge in [-0.05, 0) is 24.3 Å². The van der Waals surface area contributed by atoms with Crippen molar-refractivity contribution in [2.75, 3.05) is 18.1 Å². The predicted molar refractivity (Wildman–Crippen MR) is 95.8 cm³/mol.